The second-order valence-corrected chi connectivity index (χ2v) is 8.37. The van der Waals surface area contributed by atoms with Gasteiger partial charge in [-0.15, -0.1) is 0 Å². The number of benzene rings is 2. The molecule has 2 aromatic rings. The van der Waals surface area contributed by atoms with Gasteiger partial charge in [0.15, 0.2) is 23.0 Å². The molecule has 2 heterocycles. The fraction of sp³-hybridized carbons (Fsp3) is 0.458. The molecule has 5 rings (SSSR count). The molecule has 3 aliphatic rings. The normalized spacial score (nSPS) is 27.8. The molecule has 2 aromatic carbocycles. The molecule has 5 atom stereocenters. The summed E-state index contributed by atoms with van der Waals surface area (Å²) in [5, 5.41) is 11.3. The van der Waals surface area contributed by atoms with Gasteiger partial charge in [0.2, 0.25) is 12.5 Å². The average Bonchev–Trinajstić information content (AvgIpc) is 3.41. The molecule has 170 valence electrons. The number of carbonyl (C=O) groups excluding carboxylic acids is 1. The number of hydrogen-bond donors (Lipinski definition) is 1. The number of aliphatic hydroxyl groups excluding tert-OH is 1. The SMILES string of the molecule is COc1cc([C@@H]2C(C)c3cc4c(cc3[C@H](O)[C@H]3COC(=O)[C@H]32)OCO4)cc(OC)c1OC. The molecular weight excluding hydrogens is 416 g/mol. The van der Waals surface area contributed by atoms with Crippen molar-refractivity contribution in [2.24, 2.45) is 11.8 Å². The lowest BCUT2D eigenvalue weighted by molar-refractivity contribution is -0.142. The number of fused-ring (bicyclic) bond motifs is 3. The Balaban J connectivity index is 1.71. The van der Waals surface area contributed by atoms with Crippen molar-refractivity contribution in [3.8, 4) is 28.7 Å². The highest BCUT2D eigenvalue weighted by Gasteiger charge is 2.52. The minimum absolute atomic E-state index is 0.141. The van der Waals surface area contributed by atoms with E-state index in [0.29, 0.717) is 28.7 Å². The molecule has 0 bridgehead atoms. The van der Waals surface area contributed by atoms with E-state index in [-0.39, 0.29) is 31.2 Å². The number of hydrogen-bond acceptors (Lipinski definition) is 8. The maximum Gasteiger partial charge on any atom is 0.310 e. The Hall–Kier alpha value is -3.13. The van der Waals surface area contributed by atoms with Crippen LogP contribution in [0.2, 0.25) is 0 Å². The van der Waals surface area contributed by atoms with Crippen molar-refractivity contribution >= 4 is 5.97 Å². The predicted octanol–water partition coefficient (Wildman–Crippen LogP) is 3.16. The second kappa shape index (κ2) is 7.78. The van der Waals surface area contributed by atoms with Crippen LogP contribution in [0.5, 0.6) is 28.7 Å². The lowest BCUT2D eigenvalue weighted by Gasteiger charge is -2.29. The van der Waals surface area contributed by atoms with E-state index in [1.54, 1.807) is 21.3 Å². The van der Waals surface area contributed by atoms with Crippen LogP contribution in [0.25, 0.3) is 0 Å². The zero-order valence-electron chi connectivity index (χ0n) is 18.4. The van der Waals surface area contributed by atoms with Crippen LogP contribution in [-0.2, 0) is 9.53 Å². The van der Waals surface area contributed by atoms with Gasteiger partial charge in [-0.25, -0.2) is 0 Å². The van der Waals surface area contributed by atoms with Crippen molar-refractivity contribution in [3.05, 3.63) is 41.0 Å². The summed E-state index contributed by atoms with van der Waals surface area (Å²) >= 11 is 0. The topological polar surface area (TPSA) is 92.7 Å². The number of aliphatic hydroxyl groups is 1. The van der Waals surface area contributed by atoms with Gasteiger partial charge in [0.1, 0.15) is 0 Å². The Labute approximate surface area is 185 Å². The Morgan fingerprint density at radius 2 is 1.50 bits per heavy atom. The molecule has 1 fully saturated rings. The van der Waals surface area contributed by atoms with E-state index >= 15 is 0 Å². The first-order valence-corrected chi connectivity index (χ1v) is 10.6. The zero-order chi connectivity index (χ0) is 22.6. The van der Waals surface area contributed by atoms with Gasteiger partial charge >= 0.3 is 5.97 Å². The fourth-order valence-electron chi connectivity index (χ4n) is 5.40. The molecule has 32 heavy (non-hydrogen) atoms. The molecule has 8 heteroatoms. The molecule has 1 saturated heterocycles. The van der Waals surface area contributed by atoms with E-state index in [9.17, 15) is 9.90 Å². The summed E-state index contributed by atoms with van der Waals surface area (Å²) in [5.41, 5.74) is 2.51. The van der Waals surface area contributed by atoms with E-state index in [0.717, 1.165) is 16.7 Å². The van der Waals surface area contributed by atoms with Crippen LogP contribution in [-0.4, -0.2) is 45.8 Å². The molecule has 0 saturated carbocycles. The highest BCUT2D eigenvalue weighted by molar-refractivity contribution is 5.77. The van der Waals surface area contributed by atoms with E-state index < -0.39 is 17.9 Å². The third-order valence-corrected chi connectivity index (χ3v) is 6.94. The van der Waals surface area contributed by atoms with E-state index in [2.05, 4.69) is 6.92 Å². The Bertz CT molecular complexity index is 1040. The van der Waals surface area contributed by atoms with Crippen molar-refractivity contribution in [2.75, 3.05) is 34.7 Å². The van der Waals surface area contributed by atoms with Crippen molar-refractivity contribution < 1.29 is 38.3 Å². The van der Waals surface area contributed by atoms with Gasteiger partial charge in [-0.3, -0.25) is 4.79 Å². The number of ether oxygens (including phenoxy) is 6. The van der Waals surface area contributed by atoms with Crippen molar-refractivity contribution in [2.45, 2.75) is 24.9 Å². The first-order chi connectivity index (χ1) is 15.5. The number of cyclic esters (lactones) is 1. The van der Waals surface area contributed by atoms with Crippen molar-refractivity contribution in [1.29, 1.82) is 0 Å². The third-order valence-electron chi connectivity index (χ3n) is 6.94. The number of carbonyl (C=O) groups is 1. The first-order valence-electron chi connectivity index (χ1n) is 10.6. The minimum atomic E-state index is -0.870. The molecule has 0 spiro atoms. The highest BCUT2D eigenvalue weighted by Crippen LogP contribution is 2.56. The lowest BCUT2D eigenvalue weighted by Crippen LogP contribution is -2.28. The monoisotopic (exact) mass is 442 g/mol. The van der Waals surface area contributed by atoms with Gasteiger partial charge < -0.3 is 33.5 Å². The molecule has 0 radical (unpaired) electrons. The Morgan fingerprint density at radius 1 is 0.875 bits per heavy atom. The zero-order valence-corrected chi connectivity index (χ0v) is 18.4. The molecular formula is C24H26O8. The van der Waals surface area contributed by atoms with Crippen LogP contribution >= 0.6 is 0 Å². The van der Waals surface area contributed by atoms with Crippen LogP contribution in [0.15, 0.2) is 24.3 Å². The minimum Gasteiger partial charge on any atom is -0.493 e. The number of methoxy groups -OCH3 is 3. The van der Waals surface area contributed by atoms with Gasteiger partial charge in [-0.1, -0.05) is 6.92 Å². The quantitative estimate of drug-likeness (QED) is 0.722. The molecule has 2 aliphatic heterocycles. The van der Waals surface area contributed by atoms with Crippen LogP contribution in [0, 0.1) is 11.8 Å². The van der Waals surface area contributed by atoms with Crippen LogP contribution in [0.4, 0.5) is 0 Å². The number of esters is 1. The first kappa shape index (κ1) is 20.8. The van der Waals surface area contributed by atoms with E-state index in [1.165, 1.54) is 0 Å². The molecule has 0 aromatic heterocycles. The maximum atomic E-state index is 13.0. The standard InChI is InChI=1S/C24H26O8/c1-11-13-7-16-17(32-10-31-16)8-14(13)22(25)15-9-30-24(26)21(15)20(11)12-5-18(27-2)23(29-4)19(6-12)28-3/h5-8,11,15,20-22,25H,9-10H2,1-4H3/t11?,15-,20-,21+,22-/m0/s1. The second-order valence-electron chi connectivity index (χ2n) is 8.37. The maximum absolute atomic E-state index is 13.0. The molecule has 1 N–H and O–H groups in total. The van der Waals surface area contributed by atoms with Crippen molar-refractivity contribution in [3.63, 3.8) is 0 Å². The lowest BCUT2D eigenvalue weighted by atomic mass is 9.72. The summed E-state index contributed by atoms with van der Waals surface area (Å²) in [6.07, 6.45) is -0.870. The summed E-state index contributed by atoms with van der Waals surface area (Å²) in [5.74, 6) is 1.06. The summed E-state index contributed by atoms with van der Waals surface area (Å²) in [4.78, 5) is 13.0. The highest BCUT2D eigenvalue weighted by atomic mass is 16.7. The van der Waals surface area contributed by atoms with Crippen LogP contribution in [0.1, 0.15) is 41.6 Å². The van der Waals surface area contributed by atoms with Crippen molar-refractivity contribution in [1.82, 2.24) is 0 Å². The van der Waals surface area contributed by atoms with Gasteiger partial charge in [0.25, 0.3) is 0 Å². The average molecular weight is 442 g/mol. The van der Waals surface area contributed by atoms with Crippen LogP contribution < -0.4 is 23.7 Å². The number of rotatable bonds is 4. The summed E-state index contributed by atoms with van der Waals surface area (Å²) < 4.78 is 33.2. The molecule has 1 unspecified atom stereocenters. The van der Waals surface area contributed by atoms with Gasteiger partial charge in [-0.05, 0) is 46.9 Å². The molecule has 0 amide bonds. The predicted molar refractivity (Wildman–Crippen MR) is 113 cm³/mol. The van der Waals surface area contributed by atoms with Crippen LogP contribution in [0.3, 0.4) is 0 Å². The summed E-state index contributed by atoms with van der Waals surface area (Å²) in [6.45, 7) is 2.36. The van der Waals surface area contributed by atoms with E-state index in [4.69, 9.17) is 28.4 Å². The van der Waals surface area contributed by atoms with Gasteiger partial charge in [-0.2, -0.15) is 0 Å². The molecule has 8 nitrogen and oxygen atoms in total. The summed E-state index contributed by atoms with van der Waals surface area (Å²) in [7, 11) is 4.67. The van der Waals surface area contributed by atoms with Gasteiger partial charge in [0.05, 0.1) is 40.0 Å². The van der Waals surface area contributed by atoms with E-state index in [1.807, 2.05) is 24.3 Å². The molecule has 1 aliphatic carbocycles. The smallest absolute Gasteiger partial charge is 0.310 e. The Kier molecular flexibility index (Phi) is 5.04. The fourth-order valence-corrected chi connectivity index (χ4v) is 5.40. The summed E-state index contributed by atoms with van der Waals surface area (Å²) in [6, 6.07) is 7.49. The Morgan fingerprint density at radius 3 is 2.09 bits per heavy atom. The largest absolute Gasteiger partial charge is 0.493 e. The van der Waals surface area contributed by atoms with Gasteiger partial charge in [0, 0.05) is 11.8 Å². The third kappa shape index (κ3) is 2.97.